The summed E-state index contributed by atoms with van der Waals surface area (Å²) in [4.78, 5) is 0. The van der Waals surface area contributed by atoms with E-state index in [1.807, 2.05) is 0 Å². The Bertz CT molecular complexity index is 536. The maximum Gasteiger partial charge on any atom is 0.128 e. The predicted octanol–water partition coefficient (Wildman–Crippen LogP) is 0.111. The van der Waals surface area contributed by atoms with E-state index >= 15 is 0 Å². The Kier molecular flexibility index (Phi) is 6.01. The van der Waals surface area contributed by atoms with Crippen molar-refractivity contribution in [2.24, 2.45) is 0 Å². The normalized spacial score (nSPS) is 20.5. The molecule has 0 amide bonds. The van der Waals surface area contributed by atoms with Crippen LogP contribution >= 0.6 is 0 Å². The van der Waals surface area contributed by atoms with E-state index < -0.39 is 35.2 Å². The van der Waals surface area contributed by atoms with Gasteiger partial charge in [0.2, 0.25) is 0 Å². The molecular formula is C14H19FNO5S-. The van der Waals surface area contributed by atoms with Crippen LogP contribution in [0.2, 0.25) is 0 Å². The van der Waals surface area contributed by atoms with Gasteiger partial charge in [-0.05, 0) is 24.5 Å². The van der Waals surface area contributed by atoms with Gasteiger partial charge in [0, 0.05) is 42.0 Å². The summed E-state index contributed by atoms with van der Waals surface area (Å²) in [5.74, 6) is -0.550. The van der Waals surface area contributed by atoms with Crippen LogP contribution in [0, 0.1) is 5.82 Å². The van der Waals surface area contributed by atoms with Crippen LogP contribution in [0.1, 0.15) is 24.0 Å². The Morgan fingerprint density at radius 2 is 2.14 bits per heavy atom. The number of aliphatic hydroxyl groups is 2. The summed E-state index contributed by atoms with van der Waals surface area (Å²) in [7, 11) is 0. The summed E-state index contributed by atoms with van der Waals surface area (Å²) in [6.07, 6.45) is -0.0407. The minimum absolute atomic E-state index is 0.138. The van der Waals surface area contributed by atoms with E-state index in [1.165, 1.54) is 12.1 Å². The number of benzene rings is 1. The second kappa shape index (κ2) is 7.58. The molecule has 1 aromatic carbocycles. The molecule has 0 aromatic heterocycles. The molecule has 2 atom stereocenters. The van der Waals surface area contributed by atoms with E-state index in [1.54, 1.807) is 6.07 Å². The highest BCUT2D eigenvalue weighted by atomic mass is 32.2. The van der Waals surface area contributed by atoms with Gasteiger partial charge in [0.25, 0.3) is 0 Å². The van der Waals surface area contributed by atoms with Crippen molar-refractivity contribution in [3.05, 3.63) is 35.1 Å². The van der Waals surface area contributed by atoms with Gasteiger partial charge in [0.15, 0.2) is 0 Å². The number of rotatable bonds is 6. The summed E-state index contributed by atoms with van der Waals surface area (Å²) >= 11 is -2.46. The third kappa shape index (κ3) is 3.70. The molecule has 1 aliphatic rings. The molecule has 1 heterocycles. The lowest BCUT2D eigenvalue weighted by Gasteiger charge is -2.41. The van der Waals surface area contributed by atoms with E-state index in [9.17, 15) is 23.4 Å². The van der Waals surface area contributed by atoms with E-state index in [-0.39, 0.29) is 12.1 Å². The van der Waals surface area contributed by atoms with Gasteiger partial charge in [0.1, 0.15) is 5.82 Å². The van der Waals surface area contributed by atoms with Crippen LogP contribution in [0.4, 0.5) is 4.39 Å². The first-order valence-electron chi connectivity index (χ1n) is 6.98. The van der Waals surface area contributed by atoms with Crippen molar-refractivity contribution in [3.8, 4) is 0 Å². The molecule has 0 radical (unpaired) electrons. The van der Waals surface area contributed by atoms with Gasteiger partial charge in [-0.25, -0.2) is 9.11 Å². The minimum atomic E-state index is -2.46. The zero-order chi connectivity index (χ0) is 16.2. The first-order chi connectivity index (χ1) is 10.5. The quantitative estimate of drug-likeness (QED) is 0.642. The number of ether oxygens (including phenoxy) is 1. The molecule has 1 saturated heterocycles. The summed E-state index contributed by atoms with van der Waals surface area (Å²) in [6, 6.07) is 4.46. The molecule has 3 N–H and O–H groups in total. The van der Waals surface area contributed by atoms with Gasteiger partial charge in [-0.3, -0.25) is 4.21 Å². The van der Waals surface area contributed by atoms with Gasteiger partial charge in [-0.15, -0.1) is 0 Å². The molecular weight excluding hydrogens is 313 g/mol. The molecule has 0 aliphatic carbocycles. The monoisotopic (exact) mass is 332 g/mol. The van der Waals surface area contributed by atoms with Gasteiger partial charge >= 0.3 is 0 Å². The standard InChI is InChI=1S/C14H20FNO5S/c15-12-7-11(2-1-10(12)8-16-22(19)20)14(13(18)9-17)3-5-21-6-4-14/h1-2,7,13,16-18H,3-6,8-9H2,(H,19,20)/p-1. The van der Waals surface area contributed by atoms with Gasteiger partial charge in [-0.2, -0.15) is 0 Å². The Balaban J connectivity index is 2.29. The average molecular weight is 332 g/mol. The van der Waals surface area contributed by atoms with Crippen LogP contribution in [0.3, 0.4) is 0 Å². The van der Waals surface area contributed by atoms with E-state index in [0.717, 1.165) is 0 Å². The predicted molar refractivity (Wildman–Crippen MR) is 77.0 cm³/mol. The lowest BCUT2D eigenvalue weighted by molar-refractivity contribution is -0.0371. The number of hydrogen-bond acceptors (Lipinski definition) is 5. The Labute approximate surface area is 130 Å². The molecule has 2 unspecified atom stereocenters. The highest BCUT2D eigenvalue weighted by Gasteiger charge is 2.41. The van der Waals surface area contributed by atoms with Gasteiger partial charge in [0.05, 0.1) is 12.7 Å². The molecule has 124 valence electrons. The fourth-order valence-corrected chi connectivity index (χ4v) is 3.14. The first-order valence-corrected chi connectivity index (χ1v) is 8.05. The van der Waals surface area contributed by atoms with E-state index in [2.05, 4.69) is 4.72 Å². The molecule has 1 aromatic rings. The first kappa shape index (κ1) is 17.5. The third-order valence-electron chi connectivity index (χ3n) is 4.20. The molecule has 1 aliphatic heterocycles. The number of hydrogen-bond donors (Lipinski definition) is 3. The number of nitrogens with one attached hydrogen (secondary N) is 1. The van der Waals surface area contributed by atoms with Gasteiger partial charge < -0.3 is 19.5 Å². The number of halogens is 1. The highest BCUT2D eigenvalue weighted by Crippen LogP contribution is 2.38. The molecule has 6 nitrogen and oxygen atoms in total. The molecule has 0 spiro atoms. The zero-order valence-electron chi connectivity index (χ0n) is 12.0. The van der Waals surface area contributed by atoms with Crippen molar-refractivity contribution in [1.29, 1.82) is 0 Å². The van der Waals surface area contributed by atoms with Crippen LogP contribution in [-0.2, 0) is 28.0 Å². The summed E-state index contributed by atoms with van der Waals surface area (Å²) in [6.45, 7) is 0.301. The molecule has 8 heteroatoms. The average Bonchev–Trinajstić information content (AvgIpc) is 2.53. The van der Waals surface area contributed by atoms with Crippen molar-refractivity contribution in [2.75, 3.05) is 19.8 Å². The Morgan fingerprint density at radius 1 is 1.45 bits per heavy atom. The Morgan fingerprint density at radius 3 is 2.68 bits per heavy atom. The summed E-state index contributed by atoms with van der Waals surface area (Å²) in [5, 5.41) is 19.5. The molecule has 1 fully saturated rings. The van der Waals surface area contributed by atoms with Crippen LogP contribution in [-0.4, -0.2) is 44.9 Å². The van der Waals surface area contributed by atoms with Crippen LogP contribution in [0.15, 0.2) is 18.2 Å². The molecule has 0 saturated carbocycles. The SMILES string of the molecule is O=S([O-])NCc1ccc(C2(C(O)CO)CCOCC2)cc1F. The van der Waals surface area contributed by atoms with Crippen molar-refractivity contribution in [2.45, 2.75) is 30.9 Å². The van der Waals surface area contributed by atoms with E-state index in [0.29, 0.717) is 31.6 Å². The zero-order valence-corrected chi connectivity index (χ0v) is 12.8. The number of aliphatic hydroxyl groups excluding tert-OH is 2. The van der Waals surface area contributed by atoms with Crippen LogP contribution < -0.4 is 4.72 Å². The minimum Gasteiger partial charge on any atom is -0.760 e. The fourth-order valence-electron chi connectivity index (χ4n) is 2.86. The smallest absolute Gasteiger partial charge is 0.128 e. The lowest BCUT2D eigenvalue weighted by Crippen LogP contribution is -2.46. The maximum absolute atomic E-state index is 14.2. The van der Waals surface area contributed by atoms with Crippen molar-refractivity contribution in [3.63, 3.8) is 0 Å². The van der Waals surface area contributed by atoms with Crippen LogP contribution in [0.25, 0.3) is 0 Å². The van der Waals surface area contributed by atoms with Crippen molar-refractivity contribution in [1.82, 2.24) is 4.72 Å². The maximum atomic E-state index is 14.2. The van der Waals surface area contributed by atoms with Crippen molar-refractivity contribution < 1.29 is 28.1 Å². The summed E-state index contributed by atoms with van der Waals surface area (Å²) < 4.78 is 42.5. The highest BCUT2D eigenvalue weighted by molar-refractivity contribution is 7.77. The molecule has 2 rings (SSSR count). The largest absolute Gasteiger partial charge is 0.760 e. The third-order valence-corrected chi connectivity index (χ3v) is 4.58. The van der Waals surface area contributed by atoms with Crippen LogP contribution in [0.5, 0.6) is 0 Å². The topological polar surface area (TPSA) is 102 Å². The van der Waals surface area contributed by atoms with E-state index in [4.69, 9.17) is 4.74 Å². The van der Waals surface area contributed by atoms with Gasteiger partial charge in [-0.1, -0.05) is 12.1 Å². The Hall–Kier alpha value is -0.900. The molecule has 22 heavy (non-hydrogen) atoms. The molecule has 0 bridgehead atoms. The fraction of sp³-hybridized carbons (Fsp3) is 0.571. The van der Waals surface area contributed by atoms with Crippen molar-refractivity contribution >= 4 is 11.3 Å². The second-order valence-corrected chi connectivity index (χ2v) is 6.09. The summed E-state index contributed by atoms with van der Waals surface area (Å²) in [5.41, 5.74) is 0.0525. The lowest BCUT2D eigenvalue weighted by atomic mass is 9.70. The second-order valence-electron chi connectivity index (χ2n) is 5.33.